The van der Waals surface area contributed by atoms with Crippen LogP contribution in [0.2, 0.25) is 0 Å². The van der Waals surface area contributed by atoms with Gasteiger partial charge in [0.1, 0.15) is 0 Å². The molecule has 1 nitrogen and oxygen atoms in total. The highest BCUT2D eigenvalue weighted by molar-refractivity contribution is 7.10. The third-order valence-electron chi connectivity index (χ3n) is 2.56. The minimum absolute atomic E-state index is 0.182. The smallest absolute Gasteiger partial charge is 0.0588 e. The minimum Gasteiger partial charge on any atom is -0.393 e. The number of hydrogen-bond acceptors (Lipinski definition) is 3. The lowest BCUT2D eigenvalue weighted by atomic mass is 10.1. The normalized spacial score (nSPS) is 12.8. The van der Waals surface area contributed by atoms with Gasteiger partial charge in [-0.1, -0.05) is 12.1 Å². The summed E-state index contributed by atoms with van der Waals surface area (Å²) in [5.41, 5.74) is 0. The van der Waals surface area contributed by atoms with E-state index in [1.54, 1.807) is 22.7 Å². The van der Waals surface area contributed by atoms with E-state index in [0.29, 0.717) is 0 Å². The number of aryl methyl sites for hydroxylation is 1. The van der Waals surface area contributed by atoms with Crippen LogP contribution in [0.3, 0.4) is 0 Å². The zero-order valence-electron chi connectivity index (χ0n) is 9.13. The molecule has 0 spiro atoms. The van der Waals surface area contributed by atoms with Crippen molar-refractivity contribution in [1.29, 1.82) is 0 Å². The van der Waals surface area contributed by atoms with E-state index in [9.17, 15) is 5.11 Å². The molecule has 0 aliphatic carbocycles. The van der Waals surface area contributed by atoms with E-state index in [1.165, 1.54) is 9.75 Å². The monoisotopic (exact) mass is 252 g/mol. The van der Waals surface area contributed by atoms with Crippen LogP contribution in [0, 0.1) is 0 Å². The molecule has 0 aromatic carbocycles. The topological polar surface area (TPSA) is 20.2 Å². The summed E-state index contributed by atoms with van der Waals surface area (Å²) in [4.78, 5) is 2.70. The van der Waals surface area contributed by atoms with Crippen molar-refractivity contribution in [1.82, 2.24) is 0 Å². The quantitative estimate of drug-likeness (QED) is 0.830. The molecule has 0 amide bonds. The SMILES string of the molecule is OC(CCCc1cccs1)Cc1cccs1. The molecule has 0 aliphatic heterocycles. The second kappa shape index (κ2) is 6.18. The van der Waals surface area contributed by atoms with E-state index < -0.39 is 0 Å². The van der Waals surface area contributed by atoms with Gasteiger partial charge in [-0.05, 0) is 42.2 Å². The van der Waals surface area contributed by atoms with Gasteiger partial charge in [0.05, 0.1) is 6.10 Å². The summed E-state index contributed by atoms with van der Waals surface area (Å²) in [5, 5.41) is 14.0. The van der Waals surface area contributed by atoms with E-state index in [1.807, 2.05) is 6.07 Å². The van der Waals surface area contributed by atoms with Crippen LogP contribution in [0.1, 0.15) is 22.6 Å². The fourth-order valence-corrected chi connectivity index (χ4v) is 3.26. The van der Waals surface area contributed by atoms with Crippen molar-refractivity contribution in [2.24, 2.45) is 0 Å². The molecule has 1 atom stereocenters. The Morgan fingerprint density at radius 3 is 2.38 bits per heavy atom. The molecule has 2 heterocycles. The number of hydrogen-bond donors (Lipinski definition) is 1. The van der Waals surface area contributed by atoms with Crippen LogP contribution in [0.5, 0.6) is 0 Å². The number of aliphatic hydroxyl groups excluding tert-OH is 1. The standard InChI is InChI=1S/C13H16OS2/c14-11(10-13-7-3-9-16-13)4-1-5-12-6-2-8-15-12/h2-3,6-9,11,14H,1,4-5,10H2. The number of rotatable bonds is 6. The third kappa shape index (κ3) is 3.74. The summed E-state index contributed by atoms with van der Waals surface area (Å²) in [6.45, 7) is 0. The molecule has 2 rings (SSSR count). The van der Waals surface area contributed by atoms with E-state index in [2.05, 4.69) is 29.0 Å². The van der Waals surface area contributed by atoms with Gasteiger partial charge in [0, 0.05) is 16.2 Å². The highest BCUT2D eigenvalue weighted by Crippen LogP contribution is 2.16. The molecule has 1 N–H and O–H groups in total. The maximum atomic E-state index is 9.86. The Kier molecular flexibility index (Phi) is 4.57. The van der Waals surface area contributed by atoms with Crippen LogP contribution in [0.4, 0.5) is 0 Å². The molecule has 2 aromatic heterocycles. The van der Waals surface area contributed by atoms with Gasteiger partial charge >= 0.3 is 0 Å². The van der Waals surface area contributed by atoms with Crippen LogP contribution < -0.4 is 0 Å². The van der Waals surface area contributed by atoms with Gasteiger partial charge in [-0.15, -0.1) is 22.7 Å². The van der Waals surface area contributed by atoms with Gasteiger partial charge in [-0.2, -0.15) is 0 Å². The van der Waals surface area contributed by atoms with Gasteiger partial charge in [0.2, 0.25) is 0 Å². The molecular weight excluding hydrogens is 236 g/mol. The summed E-state index contributed by atoms with van der Waals surface area (Å²) < 4.78 is 0. The van der Waals surface area contributed by atoms with E-state index in [4.69, 9.17) is 0 Å². The zero-order chi connectivity index (χ0) is 11.2. The van der Waals surface area contributed by atoms with E-state index in [0.717, 1.165) is 25.7 Å². The lowest BCUT2D eigenvalue weighted by Gasteiger charge is -2.08. The Morgan fingerprint density at radius 2 is 1.75 bits per heavy atom. The second-order valence-corrected chi connectivity index (χ2v) is 5.97. The molecule has 0 bridgehead atoms. The van der Waals surface area contributed by atoms with Crippen LogP contribution in [0.25, 0.3) is 0 Å². The van der Waals surface area contributed by atoms with Crippen LogP contribution in [-0.4, -0.2) is 11.2 Å². The maximum Gasteiger partial charge on any atom is 0.0588 e. The molecule has 86 valence electrons. The first-order chi connectivity index (χ1) is 7.84. The largest absolute Gasteiger partial charge is 0.393 e. The summed E-state index contributed by atoms with van der Waals surface area (Å²) in [6.07, 6.45) is 3.70. The van der Waals surface area contributed by atoms with Crippen molar-refractivity contribution in [3.05, 3.63) is 44.8 Å². The first-order valence-electron chi connectivity index (χ1n) is 5.57. The van der Waals surface area contributed by atoms with Crippen molar-refractivity contribution in [2.75, 3.05) is 0 Å². The van der Waals surface area contributed by atoms with Crippen molar-refractivity contribution < 1.29 is 5.11 Å². The van der Waals surface area contributed by atoms with Crippen molar-refractivity contribution in [2.45, 2.75) is 31.8 Å². The minimum atomic E-state index is -0.182. The highest BCUT2D eigenvalue weighted by Gasteiger charge is 2.06. The van der Waals surface area contributed by atoms with Gasteiger partial charge in [-0.25, -0.2) is 0 Å². The fraction of sp³-hybridized carbons (Fsp3) is 0.385. The Bertz CT molecular complexity index is 378. The number of thiophene rings is 2. The average molecular weight is 252 g/mol. The molecule has 2 aromatic rings. The van der Waals surface area contributed by atoms with Crippen molar-refractivity contribution >= 4 is 22.7 Å². The van der Waals surface area contributed by atoms with E-state index in [-0.39, 0.29) is 6.10 Å². The lowest BCUT2D eigenvalue weighted by molar-refractivity contribution is 0.163. The summed E-state index contributed by atoms with van der Waals surface area (Å²) in [7, 11) is 0. The highest BCUT2D eigenvalue weighted by atomic mass is 32.1. The fourth-order valence-electron chi connectivity index (χ4n) is 1.73. The summed E-state index contributed by atoms with van der Waals surface area (Å²) >= 11 is 3.52. The van der Waals surface area contributed by atoms with Crippen molar-refractivity contribution in [3.63, 3.8) is 0 Å². The Balaban J connectivity index is 1.66. The summed E-state index contributed by atoms with van der Waals surface area (Å²) in [5.74, 6) is 0. The number of aliphatic hydroxyl groups is 1. The first-order valence-corrected chi connectivity index (χ1v) is 7.33. The van der Waals surface area contributed by atoms with Gasteiger partial charge in [0.25, 0.3) is 0 Å². The van der Waals surface area contributed by atoms with Gasteiger partial charge in [-0.3, -0.25) is 0 Å². The predicted octanol–water partition coefficient (Wildman–Crippen LogP) is 3.74. The molecule has 0 radical (unpaired) electrons. The third-order valence-corrected chi connectivity index (χ3v) is 4.39. The Labute approximate surface area is 104 Å². The lowest BCUT2D eigenvalue weighted by Crippen LogP contribution is -2.09. The molecule has 0 aliphatic rings. The molecule has 3 heteroatoms. The molecule has 1 unspecified atom stereocenters. The zero-order valence-corrected chi connectivity index (χ0v) is 10.8. The second-order valence-electron chi connectivity index (χ2n) is 3.91. The molecule has 0 fully saturated rings. The Morgan fingerprint density at radius 1 is 1.06 bits per heavy atom. The van der Waals surface area contributed by atoms with Crippen LogP contribution in [-0.2, 0) is 12.8 Å². The van der Waals surface area contributed by atoms with Crippen LogP contribution in [0.15, 0.2) is 35.0 Å². The van der Waals surface area contributed by atoms with Gasteiger partial charge < -0.3 is 5.11 Å². The predicted molar refractivity (Wildman–Crippen MR) is 71.3 cm³/mol. The van der Waals surface area contributed by atoms with E-state index >= 15 is 0 Å². The molecule has 0 saturated heterocycles. The van der Waals surface area contributed by atoms with Crippen molar-refractivity contribution in [3.8, 4) is 0 Å². The molecular formula is C13H16OS2. The first kappa shape index (κ1) is 11.8. The molecule has 0 saturated carbocycles. The summed E-state index contributed by atoms with van der Waals surface area (Å²) in [6, 6.07) is 8.38. The van der Waals surface area contributed by atoms with Crippen LogP contribution >= 0.6 is 22.7 Å². The Hall–Kier alpha value is -0.640. The van der Waals surface area contributed by atoms with Gasteiger partial charge in [0.15, 0.2) is 0 Å². The average Bonchev–Trinajstić information content (AvgIpc) is 2.90. The molecule has 16 heavy (non-hydrogen) atoms. The maximum absolute atomic E-state index is 9.86.